The largest absolute Gasteiger partial charge is 0 e. The van der Waals surface area contributed by atoms with E-state index >= 15 is 4.79 Å². The summed E-state index contributed by atoms with van der Waals surface area (Å²) in [6.45, 7) is 12.6. The molecule has 0 saturated heterocycles. The van der Waals surface area contributed by atoms with Crippen molar-refractivity contribution >= 4 is 52.5 Å². The van der Waals surface area contributed by atoms with E-state index in [9.17, 15) is 0 Å². The SMILES string of the molecule is Cc1ccc([PH](CC(=O)O[PH](c2ccc(C)cc2)(c2ccc(C)cc2)c2ccc(C)cc2)(c2ccc(C)cc2)c2ccc(C)cc2)cc1.[Pd]. The molecule has 49 heavy (non-hydrogen) atoms. The van der Waals surface area contributed by atoms with Crippen LogP contribution in [-0.2, 0) is 29.7 Å². The second kappa shape index (κ2) is 15.5. The summed E-state index contributed by atoms with van der Waals surface area (Å²) >= 11 is 0. The topological polar surface area (TPSA) is 26.3 Å². The number of hydrogen-bond donors (Lipinski definition) is 0. The first-order valence-electron chi connectivity index (χ1n) is 16.7. The third-order valence-electron chi connectivity index (χ3n) is 9.68. The Labute approximate surface area is 307 Å². The second-order valence-corrected chi connectivity index (χ2v) is 20.6. The molecule has 0 radical (unpaired) electrons. The average Bonchev–Trinajstić information content (AvgIpc) is 3.09. The molecule has 0 N–H and O–H groups in total. The third kappa shape index (κ3) is 7.58. The number of carbonyl (C=O) groups excluding carboxylic acids is 1. The van der Waals surface area contributed by atoms with Gasteiger partial charge in [-0.2, -0.15) is 0 Å². The normalized spacial score (nSPS) is 12.1. The molecule has 0 saturated carbocycles. The van der Waals surface area contributed by atoms with E-state index in [0.29, 0.717) is 0 Å². The molecule has 0 fully saturated rings. The fraction of sp³-hybridized carbons (Fsp3) is 0.159. The van der Waals surface area contributed by atoms with E-state index in [4.69, 9.17) is 4.52 Å². The molecule has 0 atom stereocenters. The third-order valence-corrected chi connectivity index (χ3v) is 18.4. The van der Waals surface area contributed by atoms with Crippen molar-refractivity contribution in [3.63, 3.8) is 0 Å². The smallest absolute Gasteiger partial charge is 0 e. The Morgan fingerprint density at radius 1 is 0.388 bits per heavy atom. The molecule has 0 aromatic heterocycles. The molecule has 0 bridgehead atoms. The van der Waals surface area contributed by atoms with Crippen LogP contribution in [-0.4, -0.2) is 12.1 Å². The van der Waals surface area contributed by atoms with Gasteiger partial charge in [-0.05, 0) is 0 Å². The van der Waals surface area contributed by atoms with Gasteiger partial charge in [0.05, 0.1) is 0 Å². The van der Waals surface area contributed by atoms with Crippen LogP contribution in [0.1, 0.15) is 33.4 Å². The van der Waals surface area contributed by atoms with Crippen LogP contribution >= 0.6 is 14.8 Å². The Morgan fingerprint density at radius 3 is 0.816 bits per heavy atom. The van der Waals surface area contributed by atoms with Gasteiger partial charge in [-0.15, -0.1) is 0 Å². The predicted molar refractivity (Wildman–Crippen MR) is 212 cm³/mol. The standard InChI is InChI=1S/C44H46O2P2.Pd/c1-32-7-19-38(20-8-32)47(39-21-9-33(2)10-22-39,40-23-11-34(3)12-24-40)31-44(45)46-48(41-25-13-35(4)14-26-41,42-27-15-36(5)16-28-42)43-29-17-37(6)18-30-43;/h7-30,47-48H,31H2,1-6H3;. The maximum atomic E-state index is 15.2. The van der Waals surface area contributed by atoms with Crippen molar-refractivity contribution in [3.05, 3.63) is 179 Å². The zero-order valence-electron chi connectivity index (χ0n) is 29.2. The summed E-state index contributed by atoms with van der Waals surface area (Å²) in [5.74, 6) is -0.170. The summed E-state index contributed by atoms with van der Waals surface area (Å²) in [5.41, 5.74) is 7.10. The van der Waals surface area contributed by atoms with Gasteiger partial charge in [0.25, 0.3) is 0 Å². The van der Waals surface area contributed by atoms with Crippen LogP contribution in [0, 0.1) is 41.5 Å². The van der Waals surface area contributed by atoms with E-state index in [1.54, 1.807) is 0 Å². The quantitative estimate of drug-likeness (QED) is 0.111. The molecule has 0 aliphatic rings. The van der Waals surface area contributed by atoms with E-state index in [1.807, 2.05) is 0 Å². The zero-order valence-corrected chi connectivity index (χ0v) is 32.8. The second-order valence-electron chi connectivity index (χ2n) is 13.4. The van der Waals surface area contributed by atoms with E-state index in [-0.39, 0.29) is 32.6 Å². The number of carbonyl (C=O) groups is 1. The fourth-order valence-corrected chi connectivity index (χ4v) is 14.9. The van der Waals surface area contributed by atoms with Gasteiger partial charge in [0.2, 0.25) is 0 Å². The molecule has 0 heterocycles. The molecule has 0 amide bonds. The van der Waals surface area contributed by atoms with Gasteiger partial charge < -0.3 is 0 Å². The van der Waals surface area contributed by atoms with E-state index in [0.717, 1.165) is 15.9 Å². The Balaban J connectivity index is 0.00000468. The van der Waals surface area contributed by atoms with Crippen molar-refractivity contribution < 1.29 is 29.7 Å². The first-order chi connectivity index (χ1) is 23.1. The molecule has 6 aromatic rings. The first kappa shape index (κ1) is 36.6. The molecule has 2 nitrogen and oxygen atoms in total. The van der Waals surface area contributed by atoms with Gasteiger partial charge in [-0.3, -0.25) is 0 Å². The van der Waals surface area contributed by atoms with Gasteiger partial charge in [0.1, 0.15) is 0 Å². The van der Waals surface area contributed by atoms with Gasteiger partial charge in [-0.1, -0.05) is 0 Å². The minimum atomic E-state index is -3.31. The zero-order chi connectivity index (χ0) is 33.9. The number of rotatable bonds is 9. The molecule has 0 aliphatic heterocycles. The molecule has 254 valence electrons. The van der Waals surface area contributed by atoms with Crippen LogP contribution < -0.4 is 31.8 Å². The van der Waals surface area contributed by atoms with Crippen LogP contribution in [0.4, 0.5) is 0 Å². The van der Waals surface area contributed by atoms with E-state index in [2.05, 4.69) is 187 Å². The molecule has 0 aliphatic carbocycles. The Kier molecular flexibility index (Phi) is 11.5. The van der Waals surface area contributed by atoms with E-state index < -0.39 is 14.8 Å². The molecule has 6 aromatic carbocycles. The molecule has 5 heteroatoms. The molecule has 0 unspecified atom stereocenters. The molecular formula is C44H46O2P2Pd. The van der Waals surface area contributed by atoms with E-state index in [1.165, 1.54) is 49.3 Å². The maximum Gasteiger partial charge on any atom is 0 e. The number of aryl methyl sites for hydroxylation is 6. The van der Waals surface area contributed by atoms with Gasteiger partial charge >= 0.3 is 289 Å². The fourth-order valence-electron chi connectivity index (χ4n) is 6.79. The summed E-state index contributed by atoms with van der Waals surface area (Å²) in [5, 5.41) is 6.77. The average molecular weight is 775 g/mol. The summed E-state index contributed by atoms with van der Waals surface area (Å²) < 4.78 is 7.24. The molecule has 6 rings (SSSR count). The minimum absolute atomic E-state index is 0. The summed E-state index contributed by atoms with van der Waals surface area (Å²) in [6.07, 6.45) is 0.278. The van der Waals surface area contributed by atoms with Crippen molar-refractivity contribution in [2.24, 2.45) is 0 Å². The summed E-state index contributed by atoms with van der Waals surface area (Å²) in [4.78, 5) is 15.2. The summed E-state index contributed by atoms with van der Waals surface area (Å²) in [6, 6.07) is 52.3. The summed E-state index contributed by atoms with van der Waals surface area (Å²) in [7, 11) is -6.25. The van der Waals surface area contributed by atoms with Crippen LogP contribution in [0.25, 0.3) is 0 Å². The van der Waals surface area contributed by atoms with Gasteiger partial charge in [0.15, 0.2) is 0 Å². The van der Waals surface area contributed by atoms with Crippen molar-refractivity contribution in [1.82, 2.24) is 0 Å². The minimum Gasteiger partial charge on any atom is 0 e. The van der Waals surface area contributed by atoms with Crippen LogP contribution in [0.2, 0.25) is 0 Å². The van der Waals surface area contributed by atoms with Crippen LogP contribution in [0.15, 0.2) is 146 Å². The monoisotopic (exact) mass is 774 g/mol. The van der Waals surface area contributed by atoms with Crippen molar-refractivity contribution in [2.75, 3.05) is 6.16 Å². The van der Waals surface area contributed by atoms with Crippen molar-refractivity contribution in [2.45, 2.75) is 41.5 Å². The first-order valence-corrected chi connectivity index (χ1v) is 20.9. The van der Waals surface area contributed by atoms with Gasteiger partial charge in [0, 0.05) is 20.4 Å². The van der Waals surface area contributed by atoms with Crippen LogP contribution in [0.5, 0.6) is 0 Å². The number of benzene rings is 6. The van der Waals surface area contributed by atoms with Gasteiger partial charge in [-0.25, -0.2) is 0 Å². The number of hydrogen-bond acceptors (Lipinski definition) is 2. The predicted octanol–water partition coefficient (Wildman–Crippen LogP) is 7.75. The van der Waals surface area contributed by atoms with Crippen LogP contribution in [0.3, 0.4) is 0 Å². The van der Waals surface area contributed by atoms with Crippen molar-refractivity contribution in [1.29, 1.82) is 0 Å². The Hall–Kier alpha value is -3.69. The maximum absolute atomic E-state index is 15.2. The Bertz CT molecular complexity index is 1630. The molecular weight excluding hydrogens is 729 g/mol. The van der Waals surface area contributed by atoms with Crippen molar-refractivity contribution in [3.8, 4) is 0 Å². The Morgan fingerprint density at radius 2 is 0.592 bits per heavy atom. The molecule has 0 spiro atoms.